The molecule has 0 saturated heterocycles. The molecule has 0 fully saturated rings. The third-order valence-electron chi connectivity index (χ3n) is 2.16. The van der Waals surface area contributed by atoms with Crippen molar-refractivity contribution in [3.63, 3.8) is 0 Å². The van der Waals surface area contributed by atoms with Gasteiger partial charge in [0.25, 0.3) is 0 Å². The van der Waals surface area contributed by atoms with E-state index < -0.39 is 12.2 Å². The van der Waals surface area contributed by atoms with Crippen molar-refractivity contribution in [1.29, 1.82) is 0 Å². The SMILES string of the molecule is Cc1cc(Br)ccc1CC(N)C(F)(F)F. The zero-order valence-electron chi connectivity index (χ0n) is 8.11. The lowest BCUT2D eigenvalue weighted by Crippen LogP contribution is -2.39. The second kappa shape index (κ2) is 4.53. The molecule has 0 heterocycles. The summed E-state index contributed by atoms with van der Waals surface area (Å²) in [4.78, 5) is 0. The zero-order chi connectivity index (χ0) is 11.6. The van der Waals surface area contributed by atoms with Crippen LogP contribution in [0.1, 0.15) is 11.1 Å². The molecule has 0 radical (unpaired) electrons. The van der Waals surface area contributed by atoms with E-state index in [0.29, 0.717) is 5.56 Å². The fourth-order valence-electron chi connectivity index (χ4n) is 1.24. The van der Waals surface area contributed by atoms with Gasteiger partial charge in [0.15, 0.2) is 0 Å². The quantitative estimate of drug-likeness (QED) is 0.885. The molecule has 1 unspecified atom stereocenters. The molecule has 0 bridgehead atoms. The van der Waals surface area contributed by atoms with E-state index in [1.807, 2.05) is 0 Å². The molecule has 0 aliphatic heterocycles. The molecule has 0 aromatic heterocycles. The van der Waals surface area contributed by atoms with Gasteiger partial charge < -0.3 is 5.73 Å². The predicted molar refractivity (Wildman–Crippen MR) is 56.6 cm³/mol. The Bertz CT molecular complexity index is 349. The molecule has 0 saturated carbocycles. The number of aryl methyl sites for hydroxylation is 1. The van der Waals surface area contributed by atoms with Crippen molar-refractivity contribution in [3.8, 4) is 0 Å². The topological polar surface area (TPSA) is 26.0 Å². The molecule has 2 N–H and O–H groups in total. The average Bonchev–Trinajstić information content (AvgIpc) is 2.08. The molecule has 84 valence electrons. The summed E-state index contributed by atoms with van der Waals surface area (Å²) in [5.74, 6) is 0. The summed E-state index contributed by atoms with van der Waals surface area (Å²) in [6.07, 6.45) is -4.51. The lowest BCUT2D eigenvalue weighted by molar-refractivity contribution is -0.147. The van der Waals surface area contributed by atoms with Crippen molar-refractivity contribution in [2.75, 3.05) is 0 Å². The Hall–Kier alpha value is -0.550. The van der Waals surface area contributed by atoms with E-state index in [1.165, 1.54) is 0 Å². The fraction of sp³-hybridized carbons (Fsp3) is 0.400. The normalized spacial score (nSPS) is 14.0. The number of benzene rings is 1. The van der Waals surface area contributed by atoms with Gasteiger partial charge in [0.2, 0.25) is 0 Å². The van der Waals surface area contributed by atoms with Crippen molar-refractivity contribution in [2.45, 2.75) is 25.6 Å². The van der Waals surface area contributed by atoms with Crippen LogP contribution in [0.15, 0.2) is 22.7 Å². The third-order valence-corrected chi connectivity index (χ3v) is 2.66. The molecule has 0 aliphatic carbocycles. The summed E-state index contributed by atoms with van der Waals surface area (Å²) in [6, 6.07) is 3.35. The number of rotatable bonds is 2. The molecule has 1 rings (SSSR count). The van der Waals surface area contributed by atoms with E-state index >= 15 is 0 Å². The third kappa shape index (κ3) is 3.50. The van der Waals surface area contributed by atoms with Gasteiger partial charge in [-0.1, -0.05) is 22.0 Å². The Balaban J connectivity index is 2.82. The van der Waals surface area contributed by atoms with E-state index in [0.717, 1.165) is 10.0 Å². The first-order chi connectivity index (χ1) is 6.80. The van der Waals surface area contributed by atoms with Crippen LogP contribution in [0.25, 0.3) is 0 Å². The van der Waals surface area contributed by atoms with Gasteiger partial charge in [-0.3, -0.25) is 0 Å². The molecule has 15 heavy (non-hydrogen) atoms. The van der Waals surface area contributed by atoms with Gasteiger partial charge in [0.05, 0.1) is 0 Å². The number of halogens is 4. The van der Waals surface area contributed by atoms with Gasteiger partial charge in [-0.2, -0.15) is 13.2 Å². The summed E-state index contributed by atoms with van der Waals surface area (Å²) in [7, 11) is 0. The fourth-order valence-corrected chi connectivity index (χ4v) is 1.72. The maximum atomic E-state index is 12.2. The largest absolute Gasteiger partial charge is 0.403 e. The Kier molecular flexibility index (Phi) is 3.78. The van der Waals surface area contributed by atoms with E-state index in [-0.39, 0.29) is 6.42 Å². The maximum Gasteiger partial charge on any atom is 0.403 e. The van der Waals surface area contributed by atoms with Gasteiger partial charge in [-0.25, -0.2) is 0 Å². The first kappa shape index (κ1) is 12.5. The summed E-state index contributed by atoms with van der Waals surface area (Å²) in [5.41, 5.74) is 6.49. The molecule has 0 spiro atoms. The van der Waals surface area contributed by atoms with E-state index in [1.54, 1.807) is 25.1 Å². The van der Waals surface area contributed by atoms with E-state index in [2.05, 4.69) is 15.9 Å². The molecule has 1 nitrogen and oxygen atoms in total. The zero-order valence-corrected chi connectivity index (χ0v) is 9.69. The summed E-state index contributed by atoms with van der Waals surface area (Å²) >= 11 is 3.25. The highest BCUT2D eigenvalue weighted by molar-refractivity contribution is 9.10. The van der Waals surface area contributed by atoms with Gasteiger partial charge in [0, 0.05) is 4.47 Å². The van der Waals surface area contributed by atoms with Crippen LogP contribution in [0.5, 0.6) is 0 Å². The van der Waals surface area contributed by atoms with Crippen LogP contribution in [0.3, 0.4) is 0 Å². The Labute approximate surface area is 94.6 Å². The minimum atomic E-state index is -4.33. The Morgan fingerprint density at radius 1 is 1.40 bits per heavy atom. The van der Waals surface area contributed by atoms with Gasteiger partial charge in [-0.05, 0) is 36.6 Å². The lowest BCUT2D eigenvalue weighted by atomic mass is 10.0. The minimum Gasteiger partial charge on any atom is -0.320 e. The average molecular weight is 282 g/mol. The second-order valence-corrected chi connectivity index (χ2v) is 4.34. The lowest BCUT2D eigenvalue weighted by Gasteiger charge is -2.16. The standard InChI is InChI=1S/C10H11BrF3N/c1-6-4-8(11)3-2-7(6)5-9(15)10(12,13)14/h2-4,9H,5,15H2,1H3. The van der Waals surface area contributed by atoms with Crippen molar-refractivity contribution in [2.24, 2.45) is 5.73 Å². The molecule has 1 aromatic rings. The highest BCUT2D eigenvalue weighted by atomic mass is 79.9. The van der Waals surface area contributed by atoms with Crippen LogP contribution in [-0.4, -0.2) is 12.2 Å². The summed E-state index contributed by atoms with van der Waals surface area (Å²) < 4.78 is 37.5. The van der Waals surface area contributed by atoms with Crippen LogP contribution < -0.4 is 5.73 Å². The molecule has 1 aromatic carbocycles. The predicted octanol–water partition coefficient (Wildman–Crippen LogP) is 3.19. The van der Waals surface area contributed by atoms with Crippen LogP contribution >= 0.6 is 15.9 Å². The molecular weight excluding hydrogens is 271 g/mol. The summed E-state index contributed by atoms with van der Waals surface area (Å²) in [5, 5.41) is 0. The van der Waals surface area contributed by atoms with Crippen LogP contribution in [0.2, 0.25) is 0 Å². The minimum absolute atomic E-state index is 0.178. The van der Waals surface area contributed by atoms with Crippen LogP contribution in [-0.2, 0) is 6.42 Å². The molecule has 1 atom stereocenters. The molecular formula is C10H11BrF3N. The highest BCUT2D eigenvalue weighted by Gasteiger charge is 2.36. The van der Waals surface area contributed by atoms with Gasteiger partial charge in [-0.15, -0.1) is 0 Å². The monoisotopic (exact) mass is 281 g/mol. The maximum absolute atomic E-state index is 12.2. The van der Waals surface area contributed by atoms with Crippen molar-refractivity contribution < 1.29 is 13.2 Å². The van der Waals surface area contributed by atoms with E-state index in [9.17, 15) is 13.2 Å². The smallest absolute Gasteiger partial charge is 0.320 e. The van der Waals surface area contributed by atoms with Gasteiger partial charge in [0.1, 0.15) is 6.04 Å². The first-order valence-corrected chi connectivity index (χ1v) is 5.17. The molecule has 0 amide bonds. The van der Waals surface area contributed by atoms with Gasteiger partial charge >= 0.3 is 6.18 Å². The van der Waals surface area contributed by atoms with Crippen LogP contribution in [0, 0.1) is 6.92 Å². The van der Waals surface area contributed by atoms with Crippen molar-refractivity contribution in [1.82, 2.24) is 0 Å². The summed E-state index contributed by atoms with van der Waals surface area (Å²) in [6.45, 7) is 1.77. The number of hydrogen-bond acceptors (Lipinski definition) is 1. The first-order valence-electron chi connectivity index (χ1n) is 4.38. The highest BCUT2D eigenvalue weighted by Crippen LogP contribution is 2.23. The molecule has 5 heteroatoms. The number of hydrogen-bond donors (Lipinski definition) is 1. The van der Waals surface area contributed by atoms with E-state index in [4.69, 9.17) is 5.73 Å². The second-order valence-electron chi connectivity index (χ2n) is 3.42. The van der Waals surface area contributed by atoms with Crippen LogP contribution in [0.4, 0.5) is 13.2 Å². The molecule has 0 aliphatic rings. The number of alkyl halides is 3. The Morgan fingerprint density at radius 3 is 2.47 bits per heavy atom. The van der Waals surface area contributed by atoms with Crippen molar-refractivity contribution in [3.05, 3.63) is 33.8 Å². The Morgan fingerprint density at radius 2 is 2.00 bits per heavy atom. The van der Waals surface area contributed by atoms with Crippen molar-refractivity contribution >= 4 is 15.9 Å². The number of nitrogens with two attached hydrogens (primary N) is 1.